The lowest BCUT2D eigenvalue weighted by molar-refractivity contribution is 0.0696. The fourth-order valence-electron chi connectivity index (χ4n) is 3.29. The van der Waals surface area contributed by atoms with Crippen molar-refractivity contribution in [3.05, 3.63) is 59.4 Å². The standard InChI is InChI=1S/C20H21FN2O3/c1-13-5-4-10-23(12-13)18-9-8-14(20(25)26)11-17(18)22-19(24)15-6-2-3-7-16(15)21/h2-3,6-9,11,13H,4-5,10,12H2,1H3,(H,22,24)(H,25,26)/t13-/m0/s1. The van der Waals surface area contributed by atoms with E-state index in [1.807, 2.05) is 0 Å². The molecule has 136 valence electrons. The van der Waals surface area contributed by atoms with Crippen molar-refractivity contribution in [1.29, 1.82) is 0 Å². The summed E-state index contributed by atoms with van der Waals surface area (Å²) in [7, 11) is 0. The van der Waals surface area contributed by atoms with Crippen molar-refractivity contribution >= 4 is 23.3 Å². The topological polar surface area (TPSA) is 69.6 Å². The van der Waals surface area contributed by atoms with Crippen molar-refractivity contribution in [3.8, 4) is 0 Å². The molecule has 26 heavy (non-hydrogen) atoms. The van der Waals surface area contributed by atoms with Crippen molar-refractivity contribution in [2.75, 3.05) is 23.3 Å². The number of amides is 1. The molecule has 0 bridgehead atoms. The Balaban J connectivity index is 1.95. The Hall–Kier alpha value is -2.89. The number of nitrogens with zero attached hydrogens (tertiary/aromatic N) is 1. The van der Waals surface area contributed by atoms with E-state index in [1.165, 1.54) is 30.3 Å². The molecule has 0 radical (unpaired) electrons. The van der Waals surface area contributed by atoms with Gasteiger partial charge in [0.1, 0.15) is 5.82 Å². The highest BCUT2D eigenvalue weighted by atomic mass is 19.1. The molecule has 1 fully saturated rings. The SMILES string of the molecule is C[C@H]1CCCN(c2ccc(C(=O)O)cc2NC(=O)c2ccccc2F)C1. The fourth-order valence-corrected chi connectivity index (χ4v) is 3.29. The van der Waals surface area contributed by atoms with Gasteiger partial charge >= 0.3 is 5.97 Å². The predicted octanol–water partition coefficient (Wildman–Crippen LogP) is 4.01. The van der Waals surface area contributed by atoms with Crippen LogP contribution in [0.4, 0.5) is 15.8 Å². The number of nitrogens with one attached hydrogen (secondary N) is 1. The van der Waals surface area contributed by atoms with E-state index in [0.717, 1.165) is 31.6 Å². The van der Waals surface area contributed by atoms with Crippen LogP contribution < -0.4 is 10.2 Å². The first kappa shape index (κ1) is 17.9. The third-order valence-electron chi connectivity index (χ3n) is 4.61. The van der Waals surface area contributed by atoms with E-state index in [-0.39, 0.29) is 11.1 Å². The third kappa shape index (κ3) is 3.85. The number of rotatable bonds is 4. The van der Waals surface area contributed by atoms with Gasteiger partial charge < -0.3 is 15.3 Å². The van der Waals surface area contributed by atoms with Crippen molar-refractivity contribution in [2.24, 2.45) is 5.92 Å². The van der Waals surface area contributed by atoms with Gasteiger partial charge in [-0.25, -0.2) is 9.18 Å². The van der Waals surface area contributed by atoms with E-state index < -0.39 is 17.7 Å². The van der Waals surface area contributed by atoms with Gasteiger partial charge in [-0.2, -0.15) is 0 Å². The molecule has 1 amide bonds. The van der Waals surface area contributed by atoms with Gasteiger partial charge in [0.25, 0.3) is 5.91 Å². The minimum absolute atomic E-state index is 0.0719. The van der Waals surface area contributed by atoms with Gasteiger partial charge in [0.2, 0.25) is 0 Å². The molecule has 0 aliphatic carbocycles. The largest absolute Gasteiger partial charge is 0.478 e. The van der Waals surface area contributed by atoms with Gasteiger partial charge in [-0.3, -0.25) is 4.79 Å². The van der Waals surface area contributed by atoms with Gasteiger partial charge in [-0.05, 0) is 49.1 Å². The van der Waals surface area contributed by atoms with Gasteiger partial charge in [0.05, 0.1) is 22.5 Å². The molecule has 3 rings (SSSR count). The molecule has 2 aromatic rings. The lowest BCUT2D eigenvalue weighted by atomic mass is 9.99. The quantitative estimate of drug-likeness (QED) is 0.868. The number of piperidine rings is 1. The van der Waals surface area contributed by atoms with Crippen LogP contribution in [0.1, 0.15) is 40.5 Å². The molecule has 2 aromatic carbocycles. The summed E-state index contributed by atoms with van der Waals surface area (Å²) in [5, 5.41) is 12.0. The molecule has 2 N–H and O–H groups in total. The summed E-state index contributed by atoms with van der Waals surface area (Å²) in [6, 6.07) is 10.4. The van der Waals surface area contributed by atoms with E-state index in [4.69, 9.17) is 0 Å². The minimum Gasteiger partial charge on any atom is -0.478 e. The first-order valence-corrected chi connectivity index (χ1v) is 8.64. The van der Waals surface area contributed by atoms with Crippen molar-refractivity contribution in [2.45, 2.75) is 19.8 Å². The molecule has 1 heterocycles. The zero-order valence-corrected chi connectivity index (χ0v) is 14.5. The summed E-state index contributed by atoms with van der Waals surface area (Å²) in [4.78, 5) is 26.0. The Morgan fingerprint density at radius 3 is 2.69 bits per heavy atom. The summed E-state index contributed by atoms with van der Waals surface area (Å²) < 4.78 is 13.9. The summed E-state index contributed by atoms with van der Waals surface area (Å²) in [5.41, 5.74) is 1.13. The molecule has 1 aliphatic rings. The first-order valence-electron chi connectivity index (χ1n) is 8.64. The van der Waals surface area contributed by atoms with E-state index in [2.05, 4.69) is 17.1 Å². The number of carboxylic acids is 1. The molecule has 6 heteroatoms. The van der Waals surface area contributed by atoms with E-state index in [1.54, 1.807) is 12.1 Å². The second-order valence-corrected chi connectivity index (χ2v) is 6.66. The highest BCUT2D eigenvalue weighted by Gasteiger charge is 2.21. The Morgan fingerprint density at radius 2 is 2.00 bits per heavy atom. The highest BCUT2D eigenvalue weighted by molar-refractivity contribution is 6.07. The maximum atomic E-state index is 13.9. The number of carboxylic acid groups (broad SMARTS) is 1. The maximum absolute atomic E-state index is 13.9. The van der Waals surface area contributed by atoms with Crippen LogP contribution in [0.3, 0.4) is 0 Å². The Bertz CT molecular complexity index is 838. The van der Waals surface area contributed by atoms with Crippen molar-refractivity contribution < 1.29 is 19.1 Å². The van der Waals surface area contributed by atoms with Crippen molar-refractivity contribution in [1.82, 2.24) is 0 Å². The summed E-state index contributed by atoms with van der Waals surface area (Å²) in [6.45, 7) is 3.82. The summed E-state index contributed by atoms with van der Waals surface area (Å²) in [5.74, 6) is -1.78. The lowest BCUT2D eigenvalue weighted by Gasteiger charge is -2.34. The fraction of sp³-hybridized carbons (Fsp3) is 0.300. The van der Waals surface area contributed by atoms with E-state index >= 15 is 0 Å². The van der Waals surface area contributed by atoms with Crippen molar-refractivity contribution in [3.63, 3.8) is 0 Å². The molecular weight excluding hydrogens is 335 g/mol. The van der Waals surface area contributed by atoms with Gasteiger partial charge in [-0.1, -0.05) is 19.1 Å². The number of hydrogen-bond acceptors (Lipinski definition) is 3. The number of carbonyl (C=O) groups excluding carboxylic acids is 1. The van der Waals surface area contributed by atoms with Crippen LogP contribution in [0, 0.1) is 11.7 Å². The van der Waals surface area contributed by atoms with Gasteiger partial charge in [-0.15, -0.1) is 0 Å². The Morgan fingerprint density at radius 1 is 1.23 bits per heavy atom. The first-order chi connectivity index (χ1) is 12.5. The predicted molar refractivity (Wildman–Crippen MR) is 98.4 cm³/mol. The average Bonchev–Trinajstić information content (AvgIpc) is 2.62. The van der Waals surface area contributed by atoms with Gasteiger partial charge in [0, 0.05) is 13.1 Å². The molecule has 0 saturated carbocycles. The zero-order chi connectivity index (χ0) is 18.7. The zero-order valence-electron chi connectivity index (χ0n) is 14.5. The van der Waals surface area contributed by atoms with Crippen LogP contribution in [0.15, 0.2) is 42.5 Å². The number of hydrogen-bond donors (Lipinski definition) is 2. The Kier molecular flexibility index (Phi) is 5.21. The van der Waals surface area contributed by atoms with Crippen LogP contribution in [0.2, 0.25) is 0 Å². The van der Waals surface area contributed by atoms with Crippen LogP contribution in [0.5, 0.6) is 0 Å². The van der Waals surface area contributed by atoms with Gasteiger partial charge in [0.15, 0.2) is 0 Å². The Labute approximate surface area is 151 Å². The molecule has 5 nitrogen and oxygen atoms in total. The second-order valence-electron chi connectivity index (χ2n) is 6.66. The van der Waals surface area contributed by atoms with Crippen LogP contribution in [0.25, 0.3) is 0 Å². The molecule has 1 atom stereocenters. The number of anilines is 2. The second kappa shape index (κ2) is 7.56. The molecular formula is C20H21FN2O3. The van der Waals surface area contributed by atoms with Crippen LogP contribution in [-0.2, 0) is 0 Å². The molecule has 0 unspecified atom stereocenters. The summed E-state index contributed by atoms with van der Waals surface area (Å²) >= 11 is 0. The molecule has 0 aromatic heterocycles. The molecule has 0 spiro atoms. The highest BCUT2D eigenvalue weighted by Crippen LogP contribution is 2.31. The molecule has 1 saturated heterocycles. The monoisotopic (exact) mass is 356 g/mol. The lowest BCUT2D eigenvalue weighted by Crippen LogP contribution is -2.35. The number of benzene rings is 2. The van der Waals surface area contributed by atoms with E-state index in [0.29, 0.717) is 11.6 Å². The van der Waals surface area contributed by atoms with Crippen LogP contribution >= 0.6 is 0 Å². The smallest absolute Gasteiger partial charge is 0.335 e. The maximum Gasteiger partial charge on any atom is 0.335 e. The number of halogens is 1. The third-order valence-corrected chi connectivity index (χ3v) is 4.61. The summed E-state index contributed by atoms with van der Waals surface area (Å²) in [6.07, 6.45) is 2.17. The number of carbonyl (C=O) groups is 2. The normalized spacial score (nSPS) is 17.0. The van der Waals surface area contributed by atoms with E-state index in [9.17, 15) is 19.1 Å². The number of aromatic carboxylic acids is 1. The molecule has 1 aliphatic heterocycles. The van der Waals surface area contributed by atoms with Crippen LogP contribution in [-0.4, -0.2) is 30.1 Å². The average molecular weight is 356 g/mol. The minimum atomic E-state index is -1.08.